The Morgan fingerprint density at radius 2 is 2.16 bits per heavy atom. The summed E-state index contributed by atoms with van der Waals surface area (Å²) in [5.41, 5.74) is 7.36. The molecule has 2 N–H and O–H groups in total. The van der Waals surface area contributed by atoms with E-state index in [-0.39, 0.29) is 11.8 Å². The van der Waals surface area contributed by atoms with Gasteiger partial charge in [-0.15, -0.1) is 0 Å². The molecule has 19 heavy (non-hydrogen) atoms. The number of hydrogen-bond acceptors (Lipinski definition) is 4. The molecule has 0 aliphatic carbocycles. The maximum atomic E-state index is 11.3. The largest absolute Gasteiger partial charge is 0.465 e. The number of anilines is 1. The summed E-state index contributed by atoms with van der Waals surface area (Å²) in [4.78, 5) is 14.5. The molecule has 0 fully saturated rings. The molecule has 0 saturated carbocycles. The highest BCUT2D eigenvalue weighted by molar-refractivity contribution is 5.89. The Bertz CT molecular complexity index is 638. The lowest BCUT2D eigenvalue weighted by Crippen LogP contribution is -2.03. The minimum absolute atomic E-state index is 0.223. The fraction of sp³-hybridized carbons (Fsp3) is 0.154. The first-order valence-corrected chi connectivity index (χ1v) is 5.51. The highest BCUT2D eigenvalue weighted by Gasteiger charge is 2.07. The Labute approximate surface area is 110 Å². The predicted molar refractivity (Wildman–Crippen MR) is 69.8 cm³/mol. The zero-order chi connectivity index (χ0) is 13.8. The third-order valence-electron chi connectivity index (χ3n) is 2.61. The number of rotatable bonds is 3. The monoisotopic (exact) mass is 256 g/mol. The first-order valence-electron chi connectivity index (χ1n) is 5.51. The first-order chi connectivity index (χ1) is 9.13. The van der Waals surface area contributed by atoms with E-state index in [4.69, 9.17) is 12.3 Å². The summed E-state index contributed by atoms with van der Waals surface area (Å²) in [5.74, 6) is -0.147. The number of esters is 1. The van der Waals surface area contributed by atoms with Gasteiger partial charge in [0.2, 0.25) is 5.69 Å². The van der Waals surface area contributed by atoms with Crippen LogP contribution in [0, 0.1) is 6.57 Å². The maximum absolute atomic E-state index is 11.3. The van der Waals surface area contributed by atoms with Gasteiger partial charge in [-0.2, -0.15) is 5.10 Å². The number of ether oxygens (including phenoxy) is 1. The molecule has 1 aromatic carbocycles. The number of nitrogen functional groups attached to an aromatic ring is 1. The molecule has 6 nitrogen and oxygen atoms in total. The van der Waals surface area contributed by atoms with Crippen LogP contribution in [0.5, 0.6) is 0 Å². The van der Waals surface area contributed by atoms with E-state index in [1.165, 1.54) is 7.11 Å². The van der Waals surface area contributed by atoms with Gasteiger partial charge in [-0.3, -0.25) is 4.68 Å². The summed E-state index contributed by atoms with van der Waals surface area (Å²) in [6.45, 7) is 7.40. The van der Waals surface area contributed by atoms with Crippen molar-refractivity contribution < 1.29 is 9.53 Å². The average molecular weight is 256 g/mol. The fourth-order valence-electron chi connectivity index (χ4n) is 1.64. The maximum Gasteiger partial charge on any atom is 0.337 e. The number of carbonyl (C=O) groups is 1. The summed E-state index contributed by atoms with van der Waals surface area (Å²) in [7, 11) is 1.34. The van der Waals surface area contributed by atoms with Crippen LogP contribution in [0.1, 0.15) is 15.9 Å². The Balaban J connectivity index is 2.15. The highest BCUT2D eigenvalue weighted by Crippen LogP contribution is 2.19. The molecule has 0 saturated heterocycles. The van der Waals surface area contributed by atoms with E-state index >= 15 is 0 Å². The van der Waals surface area contributed by atoms with Crippen LogP contribution in [0.2, 0.25) is 0 Å². The van der Waals surface area contributed by atoms with Crippen molar-refractivity contribution in [2.45, 2.75) is 6.54 Å². The van der Waals surface area contributed by atoms with Crippen molar-refractivity contribution in [2.24, 2.45) is 0 Å². The second-order valence-electron chi connectivity index (χ2n) is 3.90. The van der Waals surface area contributed by atoms with Gasteiger partial charge in [-0.05, 0) is 17.7 Å². The molecule has 96 valence electrons. The summed E-state index contributed by atoms with van der Waals surface area (Å²) in [6.07, 6.45) is 1.59. The Morgan fingerprint density at radius 3 is 2.68 bits per heavy atom. The summed E-state index contributed by atoms with van der Waals surface area (Å²) < 4.78 is 6.21. The zero-order valence-corrected chi connectivity index (χ0v) is 10.3. The van der Waals surface area contributed by atoms with Gasteiger partial charge in [0, 0.05) is 6.20 Å². The number of aromatic nitrogens is 2. The lowest BCUT2D eigenvalue weighted by molar-refractivity contribution is 0.0600. The van der Waals surface area contributed by atoms with E-state index in [1.54, 1.807) is 23.0 Å². The summed E-state index contributed by atoms with van der Waals surface area (Å²) in [5, 5.41) is 4.04. The van der Waals surface area contributed by atoms with E-state index in [0.717, 1.165) is 5.56 Å². The normalized spacial score (nSPS) is 9.89. The smallest absolute Gasteiger partial charge is 0.337 e. The average Bonchev–Trinajstić information content (AvgIpc) is 2.78. The zero-order valence-electron chi connectivity index (χ0n) is 10.3. The van der Waals surface area contributed by atoms with Crippen molar-refractivity contribution in [3.05, 3.63) is 53.0 Å². The van der Waals surface area contributed by atoms with E-state index in [9.17, 15) is 4.79 Å². The van der Waals surface area contributed by atoms with Gasteiger partial charge in [0.1, 0.15) is 0 Å². The van der Waals surface area contributed by atoms with Crippen molar-refractivity contribution in [2.75, 3.05) is 12.8 Å². The molecule has 1 heterocycles. The third-order valence-corrected chi connectivity index (χ3v) is 2.61. The number of methoxy groups -OCH3 is 1. The second kappa shape index (κ2) is 5.23. The number of hydrogen-bond donors (Lipinski definition) is 1. The Morgan fingerprint density at radius 1 is 1.47 bits per heavy atom. The van der Waals surface area contributed by atoms with Crippen molar-refractivity contribution in [1.29, 1.82) is 0 Å². The second-order valence-corrected chi connectivity index (χ2v) is 3.90. The quantitative estimate of drug-likeness (QED) is 0.671. The van der Waals surface area contributed by atoms with Crippen LogP contribution in [0.4, 0.5) is 11.5 Å². The summed E-state index contributed by atoms with van der Waals surface area (Å²) in [6, 6.07) is 6.98. The first kappa shape index (κ1) is 12.6. The van der Waals surface area contributed by atoms with Crippen LogP contribution >= 0.6 is 0 Å². The topological polar surface area (TPSA) is 74.5 Å². The molecule has 2 rings (SSSR count). The molecule has 0 radical (unpaired) electrons. The Kier molecular flexibility index (Phi) is 3.48. The standard InChI is InChI=1S/C13H12N4O2/c1-15-11-8-17(16-12(11)14)7-9-3-5-10(6-4-9)13(18)19-2/h3-6,8H,7H2,2H3,(H2,14,16). The van der Waals surface area contributed by atoms with Crippen molar-refractivity contribution >= 4 is 17.5 Å². The molecule has 0 spiro atoms. The van der Waals surface area contributed by atoms with Crippen LogP contribution < -0.4 is 5.73 Å². The van der Waals surface area contributed by atoms with Crippen LogP contribution in [-0.4, -0.2) is 22.9 Å². The van der Waals surface area contributed by atoms with Gasteiger partial charge >= 0.3 is 5.97 Å². The van der Waals surface area contributed by atoms with E-state index in [2.05, 4.69) is 14.7 Å². The van der Waals surface area contributed by atoms with Crippen LogP contribution in [-0.2, 0) is 11.3 Å². The van der Waals surface area contributed by atoms with Gasteiger partial charge < -0.3 is 10.5 Å². The van der Waals surface area contributed by atoms with E-state index in [0.29, 0.717) is 17.8 Å². The lowest BCUT2D eigenvalue weighted by atomic mass is 10.1. The van der Waals surface area contributed by atoms with Gasteiger partial charge in [0.15, 0.2) is 5.82 Å². The number of nitrogens with zero attached hydrogens (tertiary/aromatic N) is 3. The molecular formula is C13H12N4O2. The summed E-state index contributed by atoms with van der Waals surface area (Å²) >= 11 is 0. The van der Waals surface area contributed by atoms with Crippen LogP contribution in [0.25, 0.3) is 4.85 Å². The molecule has 2 aromatic rings. The van der Waals surface area contributed by atoms with Gasteiger partial charge in [-0.25, -0.2) is 9.64 Å². The van der Waals surface area contributed by atoms with E-state index in [1.807, 2.05) is 12.1 Å². The molecule has 0 aliphatic heterocycles. The molecule has 0 amide bonds. The Hall–Kier alpha value is -2.81. The van der Waals surface area contributed by atoms with Crippen molar-refractivity contribution in [3.63, 3.8) is 0 Å². The minimum atomic E-state index is -0.370. The minimum Gasteiger partial charge on any atom is -0.465 e. The van der Waals surface area contributed by atoms with Crippen molar-refractivity contribution in [1.82, 2.24) is 9.78 Å². The molecule has 6 heteroatoms. The lowest BCUT2D eigenvalue weighted by Gasteiger charge is -2.03. The SMILES string of the molecule is [C-]#[N+]c1cn(Cc2ccc(C(=O)OC)cc2)nc1N. The molecule has 0 aliphatic rings. The van der Waals surface area contributed by atoms with Crippen LogP contribution in [0.3, 0.4) is 0 Å². The number of benzene rings is 1. The number of nitrogens with two attached hydrogens (primary N) is 1. The van der Waals surface area contributed by atoms with Gasteiger partial charge in [0.25, 0.3) is 0 Å². The predicted octanol–water partition coefficient (Wildman–Crippen LogP) is 1.85. The number of carbonyl (C=O) groups excluding carboxylic acids is 1. The van der Waals surface area contributed by atoms with Gasteiger partial charge in [-0.1, -0.05) is 12.1 Å². The molecular weight excluding hydrogens is 244 g/mol. The fourth-order valence-corrected chi connectivity index (χ4v) is 1.64. The van der Waals surface area contributed by atoms with E-state index < -0.39 is 0 Å². The van der Waals surface area contributed by atoms with Gasteiger partial charge in [0.05, 0.1) is 25.8 Å². The highest BCUT2D eigenvalue weighted by atomic mass is 16.5. The van der Waals surface area contributed by atoms with Crippen molar-refractivity contribution in [3.8, 4) is 0 Å². The molecule has 0 atom stereocenters. The third kappa shape index (κ3) is 2.72. The molecule has 1 aromatic heterocycles. The molecule has 0 unspecified atom stereocenters. The van der Waals surface area contributed by atoms with Crippen LogP contribution in [0.15, 0.2) is 30.5 Å². The molecule has 0 bridgehead atoms.